The number of hydrogen-bond donors (Lipinski definition) is 2. The normalized spacial score (nSPS) is 19.1. The fourth-order valence-corrected chi connectivity index (χ4v) is 3.78. The Morgan fingerprint density at radius 3 is 2.62 bits per heavy atom. The summed E-state index contributed by atoms with van der Waals surface area (Å²) in [5.74, 6) is -1.06. The minimum absolute atomic E-state index is 0.0815. The van der Waals surface area contributed by atoms with Gasteiger partial charge in [0.15, 0.2) is 0 Å². The van der Waals surface area contributed by atoms with E-state index in [9.17, 15) is 14.7 Å². The molecule has 1 aliphatic heterocycles. The van der Waals surface area contributed by atoms with E-state index in [1.165, 1.54) is 5.56 Å². The molecule has 1 aromatic rings. The van der Waals surface area contributed by atoms with Crippen LogP contribution < -0.4 is 10.2 Å². The van der Waals surface area contributed by atoms with Crippen molar-refractivity contribution in [3.05, 3.63) is 29.8 Å². The number of nitrogens with zero attached hydrogens (tertiary/aromatic N) is 1. The minimum atomic E-state index is -0.568. The fourth-order valence-electron chi connectivity index (χ4n) is 3.78. The van der Waals surface area contributed by atoms with Crippen LogP contribution in [0, 0.1) is 5.41 Å². The number of anilines is 1. The smallest absolute Gasteiger partial charge is 0.316 e. The van der Waals surface area contributed by atoms with Crippen molar-refractivity contribution < 1.29 is 14.7 Å². The number of aliphatic hydroxyl groups is 1. The Morgan fingerprint density at radius 2 is 2.00 bits per heavy atom. The molecule has 1 aromatic carbocycles. The SMILES string of the molecule is CC(O)CC(C)(C)CNC(=O)C(=O)N1CC2(CC2)c2ccccc21. The van der Waals surface area contributed by atoms with E-state index >= 15 is 0 Å². The van der Waals surface area contributed by atoms with Gasteiger partial charge in [0.05, 0.1) is 6.10 Å². The molecule has 5 nitrogen and oxygen atoms in total. The van der Waals surface area contributed by atoms with Crippen LogP contribution >= 0.6 is 0 Å². The summed E-state index contributed by atoms with van der Waals surface area (Å²) in [4.78, 5) is 26.6. The van der Waals surface area contributed by atoms with Crippen molar-refractivity contribution in [3.8, 4) is 0 Å². The van der Waals surface area contributed by atoms with E-state index in [0.717, 1.165) is 18.5 Å². The number of aliphatic hydroxyl groups excluding tert-OH is 1. The standard InChI is InChI=1S/C19H26N2O3/c1-13(22)10-18(2,3)11-20-16(23)17(24)21-12-19(8-9-19)14-6-4-5-7-15(14)21/h4-7,13,22H,8-12H2,1-3H3,(H,20,23). The zero-order valence-corrected chi connectivity index (χ0v) is 14.6. The van der Waals surface area contributed by atoms with Crippen LogP contribution in [-0.4, -0.2) is 36.1 Å². The van der Waals surface area contributed by atoms with Crippen molar-refractivity contribution in [1.82, 2.24) is 5.32 Å². The van der Waals surface area contributed by atoms with Crippen LogP contribution in [0.25, 0.3) is 0 Å². The monoisotopic (exact) mass is 330 g/mol. The van der Waals surface area contributed by atoms with E-state index in [0.29, 0.717) is 19.5 Å². The van der Waals surface area contributed by atoms with Crippen LogP contribution in [0.2, 0.25) is 0 Å². The first-order valence-electron chi connectivity index (χ1n) is 8.61. The highest BCUT2D eigenvalue weighted by atomic mass is 16.3. The van der Waals surface area contributed by atoms with Crippen LogP contribution in [0.4, 0.5) is 5.69 Å². The van der Waals surface area contributed by atoms with Crippen LogP contribution in [-0.2, 0) is 15.0 Å². The zero-order chi connectivity index (χ0) is 17.5. The molecule has 0 saturated heterocycles. The second kappa shape index (κ2) is 5.88. The van der Waals surface area contributed by atoms with E-state index < -0.39 is 17.9 Å². The predicted octanol–water partition coefficient (Wildman–Crippen LogP) is 1.98. The number of carbonyl (C=O) groups is 2. The molecule has 0 radical (unpaired) electrons. The number of amides is 2. The molecule has 1 unspecified atom stereocenters. The van der Waals surface area contributed by atoms with Gasteiger partial charge >= 0.3 is 11.8 Å². The molecular formula is C19H26N2O3. The first-order valence-corrected chi connectivity index (χ1v) is 8.61. The number of nitrogens with one attached hydrogen (secondary N) is 1. The maximum atomic E-state index is 12.6. The number of carbonyl (C=O) groups excluding carboxylic acids is 2. The summed E-state index contributed by atoms with van der Waals surface area (Å²) in [7, 11) is 0. The molecular weight excluding hydrogens is 304 g/mol. The van der Waals surface area contributed by atoms with Gasteiger partial charge in [-0.05, 0) is 43.2 Å². The van der Waals surface area contributed by atoms with E-state index in [4.69, 9.17) is 0 Å². The Hall–Kier alpha value is -1.88. The Morgan fingerprint density at radius 1 is 1.33 bits per heavy atom. The summed E-state index contributed by atoms with van der Waals surface area (Å²) >= 11 is 0. The highest BCUT2D eigenvalue weighted by Gasteiger charge is 2.53. The van der Waals surface area contributed by atoms with Crippen molar-refractivity contribution in [2.24, 2.45) is 5.41 Å². The fraction of sp³-hybridized carbons (Fsp3) is 0.579. The van der Waals surface area contributed by atoms with Gasteiger partial charge in [0.1, 0.15) is 0 Å². The molecule has 5 heteroatoms. The van der Waals surface area contributed by atoms with Crippen molar-refractivity contribution >= 4 is 17.5 Å². The molecule has 1 heterocycles. The molecule has 2 N–H and O–H groups in total. The van der Waals surface area contributed by atoms with Gasteiger partial charge in [-0.1, -0.05) is 32.0 Å². The molecule has 1 saturated carbocycles. The lowest BCUT2D eigenvalue weighted by Gasteiger charge is -2.26. The van der Waals surface area contributed by atoms with Crippen LogP contribution in [0.5, 0.6) is 0 Å². The predicted molar refractivity (Wildman–Crippen MR) is 92.8 cm³/mol. The molecule has 1 atom stereocenters. The van der Waals surface area contributed by atoms with Crippen LogP contribution in [0.15, 0.2) is 24.3 Å². The zero-order valence-electron chi connectivity index (χ0n) is 14.6. The van der Waals surface area contributed by atoms with Gasteiger partial charge in [0.25, 0.3) is 0 Å². The van der Waals surface area contributed by atoms with Gasteiger partial charge in [-0.15, -0.1) is 0 Å². The molecule has 130 valence electrons. The van der Waals surface area contributed by atoms with Gasteiger partial charge in [-0.3, -0.25) is 9.59 Å². The van der Waals surface area contributed by atoms with Gasteiger partial charge in [0, 0.05) is 24.2 Å². The first kappa shape index (κ1) is 17.0. The average molecular weight is 330 g/mol. The molecule has 0 aromatic heterocycles. The Kier molecular flexibility index (Phi) is 4.16. The lowest BCUT2D eigenvalue weighted by atomic mass is 9.87. The average Bonchev–Trinajstić information content (AvgIpc) is 3.21. The maximum Gasteiger partial charge on any atom is 0.316 e. The third-order valence-corrected chi connectivity index (χ3v) is 5.10. The largest absolute Gasteiger partial charge is 0.393 e. The third kappa shape index (κ3) is 3.18. The molecule has 1 aliphatic carbocycles. The molecule has 0 bridgehead atoms. The van der Waals surface area contributed by atoms with Crippen molar-refractivity contribution in [2.45, 2.75) is 51.6 Å². The summed E-state index contributed by atoms with van der Waals surface area (Å²) in [6.45, 7) is 6.63. The summed E-state index contributed by atoms with van der Waals surface area (Å²) in [6.07, 6.45) is 2.29. The molecule has 1 fully saturated rings. The summed E-state index contributed by atoms with van der Waals surface area (Å²) < 4.78 is 0. The van der Waals surface area contributed by atoms with Crippen molar-refractivity contribution in [3.63, 3.8) is 0 Å². The quantitative estimate of drug-likeness (QED) is 0.830. The second-order valence-corrected chi connectivity index (χ2v) is 8.09. The van der Waals surface area contributed by atoms with Gasteiger partial charge in [0.2, 0.25) is 0 Å². The third-order valence-electron chi connectivity index (χ3n) is 5.10. The molecule has 1 spiro atoms. The molecule has 2 aliphatic rings. The summed E-state index contributed by atoms with van der Waals surface area (Å²) in [5.41, 5.74) is 1.89. The minimum Gasteiger partial charge on any atom is -0.393 e. The highest BCUT2D eigenvalue weighted by molar-refractivity contribution is 6.40. The molecule has 2 amide bonds. The molecule has 3 rings (SSSR count). The Balaban J connectivity index is 1.66. The van der Waals surface area contributed by atoms with Crippen molar-refractivity contribution in [2.75, 3.05) is 18.0 Å². The number of benzene rings is 1. The van der Waals surface area contributed by atoms with Gasteiger partial charge in [-0.2, -0.15) is 0 Å². The topological polar surface area (TPSA) is 69.6 Å². The highest BCUT2D eigenvalue weighted by Crippen LogP contribution is 2.56. The number of rotatable bonds is 4. The number of hydrogen-bond acceptors (Lipinski definition) is 3. The Labute approximate surface area is 143 Å². The van der Waals surface area contributed by atoms with E-state index in [2.05, 4.69) is 11.4 Å². The summed E-state index contributed by atoms with van der Waals surface area (Å²) in [5, 5.41) is 12.3. The van der Waals surface area contributed by atoms with Gasteiger partial charge < -0.3 is 15.3 Å². The van der Waals surface area contributed by atoms with E-state index in [1.54, 1.807) is 11.8 Å². The Bertz CT molecular complexity index is 662. The lowest BCUT2D eigenvalue weighted by molar-refractivity contribution is -0.137. The van der Waals surface area contributed by atoms with E-state index in [-0.39, 0.29) is 10.8 Å². The first-order chi connectivity index (χ1) is 11.2. The van der Waals surface area contributed by atoms with E-state index in [1.807, 2.05) is 32.0 Å². The summed E-state index contributed by atoms with van der Waals surface area (Å²) in [6, 6.07) is 7.89. The van der Waals surface area contributed by atoms with Gasteiger partial charge in [-0.25, -0.2) is 0 Å². The maximum absolute atomic E-state index is 12.6. The van der Waals surface area contributed by atoms with Crippen LogP contribution in [0.1, 0.15) is 45.6 Å². The second-order valence-electron chi connectivity index (χ2n) is 8.09. The lowest BCUT2D eigenvalue weighted by Crippen LogP contribution is -2.46. The number of fused-ring (bicyclic) bond motifs is 2. The molecule has 24 heavy (non-hydrogen) atoms. The van der Waals surface area contributed by atoms with Crippen LogP contribution in [0.3, 0.4) is 0 Å². The van der Waals surface area contributed by atoms with Crippen molar-refractivity contribution in [1.29, 1.82) is 0 Å². The number of para-hydroxylation sites is 1.